The van der Waals surface area contributed by atoms with Crippen molar-refractivity contribution in [3.05, 3.63) is 17.5 Å². The molecule has 1 aromatic heterocycles. The SMILES string of the molecule is Cc1nn(C)cc1C(C)N(C)CC(C)C(=O)O. The van der Waals surface area contributed by atoms with Gasteiger partial charge in [-0.3, -0.25) is 14.4 Å². The molecule has 0 aromatic carbocycles. The number of rotatable bonds is 5. The summed E-state index contributed by atoms with van der Waals surface area (Å²) < 4.78 is 1.79. The number of nitrogens with zero attached hydrogens (tertiary/aromatic N) is 3. The third-order valence-electron chi connectivity index (χ3n) is 3.15. The van der Waals surface area contributed by atoms with Crippen LogP contribution in [-0.2, 0) is 11.8 Å². The minimum atomic E-state index is -0.757. The Bertz CT molecular complexity index is 400. The van der Waals surface area contributed by atoms with Gasteiger partial charge in [-0.15, -0.1) is 0 Å². The van der Waals surface area contributed by atoms with Gasteiger partial charge in [0.15, 0.2) is 0 Å². The lowest BCUT2D eigenvalue weighted by atomic mass is 10.1. The number of carboxylic acid groups (broad SMARTS) is 1. The molecule has 1 heterocycles. The summed E-state index contributed by atoms with van der Waals surface area (Å²) >= 11 is 0. The van der Waals surface area contributed by atoms with Crippen LogP contribution in [0.1, 0.15) is 31.1 Å². The first kappa shape index (κ1) is 13.7. The Morgan fingerprint density at radius 3 is 2.59 bits per heavy atom. The molecule has 1 N–H and O–H groups in total. The van der Waals surface area contributed by atoms with Gasteiger partial charge >= 0.3 is 5.97 Å². The van der Waals surface area contributed by atoms with E-state index in [0.717, 1.165) is 11.3 Å². The Morgan fingerprint density at radius 1 is 1.59 bits per heavy atom. The quantitative estimate of drug-likeness (QED) is 0.844. The van der Waals surface area contributed by atoms with E-state index in [4.69, 9.17) is 5.11 Å². The highest BCUT2D eigenvalue weighted by Gasteiger charge is 2.20. The first-order chi connectivity index (χ1) is 7.82. The van der Waals surface area contributed by atoms with E-state index in [1.54, 1.807) is 11.6 Å². The lowest BCUT2D eigenvalue weighted by Gasteiger charge is -2.26. The van der Waals surface area contributed by atoms with Gasteiger partial charge in [-0.05, 0) is 20.9 Å². The van der Waals surface area contributed by atoms with Crippen LogP contribution >= 0.6 is 0 Å². The van der Waals surface area contributed by atoms with Crippen LogP contribution in [0.4, 0.5) is 0 Å². The van der Waals surface area contributed by atoms with Gasteiger partial charge in [0.1, 0.15) is 0 Å². The molecule has 17 heavy (non-hydrogen) atoms. The van der Waals surface area contributed by atoms with E-state index in [9.17, 15) is 4.79 Å². The zero-order valence-corrected chi connectivity index (χ0v) is 11.1. The average molecular weight is 239 g/mol. The fraction of sp³-hybridized carbons (Fsp3) is 0.667. The summed E-state index contributed by atoms with van der Waals surface area (Å²) in [5, 5.41) is 13.2. The second-order valence-corrected chi connectivity index (χ2v) is 4.70. The van der Waals surface area contributed by atoms with Crippen molar-refractivity contribution in [2.75, 3.05) is 13.6 Å². The zero-order chi connectivity index (χ0) is 13.2. The normalized spacial score (nSPS) is 14.9. The minimum absolute atomic E-state index is 0.172. The summed E-state index contributed by atoms with van der Waals surface area (Å²) in [4.78, 5) is 12.9. The van der Waals surface area contributed by atoms with E-state index in [2.05, 4.69) is 12.0 Å². The predicted molar refractivity (Wildman–Crippen MR) is 65.8 cm³/mol. The van der Waals surface area contributed by atoms with Gasteiger partial charge in [-0.2, -0.15) is 5.10 Å². The fourth-order valence-corrected chi connectivity index (χ4v) is 1.93. The number of aromatic nitrogens is 2. The molecule has 5 nitrogen and oxygen atoms in total. The molecule has 0 amide bonds. The van der Waals surface area contributed by atoms with Gasteiger partial charge in [0.25, 0.3) is 0 Å². The van der Waals surface area contributed by atoms with Crippen LogP contribution in [0.3, 0.4) is 0 Å². The van der Waals surface area contributed by atoms with E-state index < -0.39 is 5.97 Å². The molecule has 2 unspecified atom stereocenters. The molecule has 0 spiro atoms. The van der Waals surface area contributed by atoms with Crippen LogP contribution in [0, 0.1) is 12.8 Å². The number of carbonyl (C=O) groups is 1. The fourth-order valence-electron chi connectivity index (χ4n) is 1.93. The largest absolute Gasteiger partial charge is 0.481 e. The van der Waals surface area contributed by atoms with Gasteiger partial charge in [0.05, 0.1) is 11.6 Å². The number of aryl methyl sites for hydroxylation is 2. The van der Waals surface area contributed by atoms with E-state index >= 15 is 0 Å². The molecule has 5 heteroatoms. The molecule has 2 atom stereocenters. The minimum Gasteiger partial charge on any atom is -0.481 e. The number of aliphatic carboxylic acids is 1. The number of hydrogen-bond acceptors (Lipinski definition) is 3. The first-order valence-electron chi connectivity index (χ1n) is 5.76. The highest BCUT2D eigenvalue weighted by molar-refractivity contribution is 5.69. The van der Waals surface area contributed by atoms with Crippen molar-refractivity contribution in [2.24, 2.45) is 13.0 Å². The van der Waals surface area contributed by atoms with Gasteiger partial charge in [0.2, 0.25) is 0 Å². The monoisotopic (exact) mass is 239 g/mol. The molecule has 0 bridgehead atoms. The maximum Gasteiger partial charge on any atom is 0.307 e. The molecule has 0 aliphatic heterocycles. The molecule has 0 aliphatic rings. The van der Waals surface area contributed by atoms with Crippen molar-refractivity contribution in [3.63, 3.8) is 0 Å². The van der Waals surface area contributed by atoms with Crippen LogP contribution in [0.2, 0.25) is 0 Å². The van der Waals surface area contributed by atoms with Crippen molar-refractivity contribution in [1.29, 1.82) is 0 Å². The van der Waals surface area contributed by atoms with Crippen LogP contribution in [0.15, 0.2) is 6.20 Å². The molecule has 1 aromatic rings. The molecule has 0 fully saturated rings. The molecule has 0 saturated heterocycles. The Kier molecular flexibility index (Phi) is 4.28. The van der Waals surface area contributed by atoms with Crippen LogP contribution in [0.25, 0.3) is 0 Å². The summed E-state index contributed by atoms with van der Waals surface area (Å²) in [5.41, 5.74) is 2.14. The van der Waals surface area contributed by atoms with Crippen molar-refractivity contribution >= 4 is 5.97 Å². The van der Waals surface area contributed by atoms with E-state index in [0.29, 0.717) is 6.54 Å². The maximum absolute atomic E-state index is 10.8. The smallest absolute Gasteiger partial charge is 0.307 e. The van der Waals surface area contributed by atoms with Gasteiger partial charge in [-0.25, -0.2) is 0 Å². The predicted octanol–water partition coefficient (Wildman–Crippen LogP) is 1.44. The van der Waals surface area contributed by atoms with E-state index in [1.165, 1.54) is 0 Å². The third-order valence-corrected chi connectivity index (χ3v) is 3.15. The second-order valence-electron chi connectivity index (χ2n) is 4.70. The van der Waals surface area contributed by atoms with Gasteiger partial charge < -0.3 is 5.11 Å². The Hall–Kier alpha value is -1.36. The number of hydrogen-bond donors (Lipinski definition) is 1. The number of carboxylic acids is 1. The topological polar surface area (TPSA) is 58.4 Å². The lowest BCUT2D eigenvalue weighted by molar-refractivity contribution is -0.141. The second kappa shape index (κ2) is 5.31. The van der Waals surface area contributed by atoms with Crippen LogP contribution in [0.5, 0.6) is 0 Å². The summed E-state index contributed by atoms with van der Waals surface area (Å²) in [6.07, 6.45) is 1.99. The highest BCUT2D eigenvalue weighted by atomic mass is 16.4. The average Bonchev–Trinajstić information content (AvgIpc) is 2.56. The maximum atomic E-state index is 10.8. The standard InChI is InChI=1S/C12H21N3O2/c1-8(12(16)17)6-14(4)10(3)11-7-15(5)13-9(11)2/h7-8,10H,6H2,1-5H3,(H,16,17). The van der Waals surface area contributed by atoms with E-state index in [-0.39, 0.29) is 12.0 Å². The van der Waals surface area contributed by atoms with E-state index in [1.807, 2.05) is 32.1 Å². The lowest BCUT2D eigenvalue weighted by Crippen LogP contribution is -2.30. The molecular weight excluding hydrogens is 218 g/mol. The van der Waals surface area contributed by atoms with Crippen LogP contribution in [-0.4, -0.2) is 39.3 Å². The van der Waals surface area contributed by atoms with Crippen LogP contribution < -0.4 is 0 Å². The molecular formula is C12H21N3O2. The molecule has 0 radical (unpaired) electrons. The summed E-state index contributed by atoms with van der Waals surface area (Å²) in [6, 6.07) is 0.172. The van der Waals surface area contributed by atoms with Crippen molar-refractivity contribution in [1.82, 2.24) is 14.7 Å². The van der Waals surface area contributed by atoms with Crippen molar-refractivity contribution < 1.29 is 9.90 Å². The Labute approximate surface area is 102 Å². The summed E-state index contributed by atoms with van der Waals surface area (Å²) in [5.74, 6) is -1.12. The molecule has 1 rings (SSSR count). The van der Waals surface area contributed by atoms with Crippen molar-refractivity contribution in [2.45, 2.75) is 26.8 Å². The Morgan fingerprint density at radius 2 is 2.18 bits per heavy atom. The van der Waals surface area contributed by atoms with Crippen molar-refractivity contribution in [3.8, 4) is 0 Å². The Balaban J connectivity index is 2.73. The molecule has 0 aliphatic carbocycles. The zero-order valence-electron chi connectivity index (χ0n) is 11.1. The van der Waals surface area contributed by atoms with Gasteiger partial charge in [0, 0.05) is 31.4 Å². The summed E-state index contributed by atoms with van der Waals surface area (Å²) in [6.45, 7) is 6.30. The first-order valence-corrected chi connectivity index (χ1v) is 5.76. The highest BCUT2D eigenvalue weighted by Crippen LogP contribution is 2.21. The third kappa shape index (κ3) is 3.30. The van der Waals surface area contributed by atoms with Gasteiger partial charge in [-0.1, -0.05) is 6.92 Å². The molecule has 96 valence electrons. The summed E-state index contributed by atoms with van der Waals surface area (Å²) in [7, 11) is 3.83. The molecule has 0 saturated carbocycles.